The van der Waals surface area contributed by atoms with Crippen LogP contribution >= 0.6 is 0 Å². The van der Waals surface area contributed by atoms with Gasteiger partial charge in [0.05, 0.1) is 17.9 Å². The molecule has 0 aliphatic rings. The van der Waals surface area contributed by atoms with Crippen LogP contribution in [0.3, 0.4) is 0 Å². The topological polar surface area (TPSA) is 45.0 Å². The lowest BCUT2D eigenvalue weighted by Gasteiger charge is -2.18. The van der Waals surface area contributed by atoms with Crippen molar-refractivity contribution in [1.29, 1.82) is 5.26 Å². The summed E-state index contributed by atoms with van der Waals surface area (Å²) in [5.74, 6) is 0. The number of methoxy groups -OCH3 is 1. The molecule has 1 aromatic carbocycles. The predicted molar refractivity (Wildman–Crippen MR) is 65.5 cm³/mol. The van der Waals surface area contributed by atoms with Gasteiger partial charge in [-0.05, 0) is 25.0 Å². The van der Waals surface area contributed by atoms with Crippen molar-refractivity contribution in [3.63, 3.8) is 0 Å². The molecule has 0 saturated carbocycles. The fraction of sp³-hybridized carbons (Fsp3) is 0.462. The molecule has 1 aromatic rings. The van der Waals surface area contributed by atoms with Crippen molar-refractivity contribution in [2.24, 2.45) is 0 Å². The number of anilines is 1. The van der Waals surface area contributed by atoms with Crippen LogP contribution in [0.15, 0.2) is 18.2 Å². The molecule has 0 aromatic heterocycles. The summed E-state index contributed by atoms with van der Waals surface area (Å²) in [7, 11) is 1.69. The Balaban J connectivity index is 2.88. The third kappa shape index (κ3) is 2.98. The van der Waals surface area contributed by atoms with E-state index in [1.165, 1.54) is 0 Å². The molecule has 0 aliphatic heterocycles. The van der Waals surface area contributed by atoms with Crippen molar-refractivity contribution in [2.75, 3.05) is 19.0 Å². The second-order valence-corrected chi connectivity index (χ2v) is 3.81. The van der Waals surface area contributed by atoms with Crippen molar-refractivity contribution >= 4 is 5.69 Å². The minimum atomic E-state index is 0.249. The minimum absolute atomic E-state index is 0.249. The molecule has 16 heavy (non-hydrogen) atoms. The molecule has 0 spiro atoms. The van der Waals surface area contributed by atoms with Gasteiger partial charge in [0.1, 0.15) is 6.07 Å². The molecule has 0 aliphatic carbocycles. The van der Waals surface area contributed by atoms with Crippen molar-refractivity contribution in [3.8, 4) is 6.07 Å². The maximum atomic E-state index is 9.09. The fourth-order valence-electron chi connectivity index (χ4n) is 1.62. The van der Waals surface area contributed by atoms with Crippen LogP contribution in [0.5, 0.6) is 0 Å². The van der Waals surface area contributed by atoms with Gasteiger partial charge in [-0.1, -0.05) is 19.1 Å². The van der Waals surface area contributed by atoms with Crippen LogP contribution in [-0.2, 0) is 4.74 Å². The minimum Gasteiger partial charge on any atom is -0.383 e. The summed E-state index contributed by atoms with van der Waals surface area (Å²) < 4.78 is 5.13. The summed E-state index contributed by atoms with van der Waals surface area (Å²) in [4.78, 5) is 0. The second kappa shape index (κ2) is 6.14. The predicted octanol–water partition coefficient (Wildman–Crippen LogP) is 2.70. The second-order valence-electron chi connectivity index (χ2n) is 3.81. The van der Waals surface area contributed by atoms with Crippen molar-refractivity contribution in [2.45, 2.75) is 26.3 Å². The van der Waals surface area contributed by atoms with E-state index in [2.05, 4.69) is 18.3 Å². The Morgan fingerprint density at radius 2 is 2.25 bits per heavy atom. The van der Waals surface area contributed by atoms with Gasteiger partial charge in [0.15, 0.2) is 0 Å². The lowest BCUT2D eigenvalue weighted by molar-refractivity contribution is 0.184. The summed E-state index contributed by atoms with van der Waals surface area (Å²) >= 11 is 0. The molecule has 0 radical (unpaired) electrons. The Kier molecular flexibility index (Phi) is 4.81. The zero-order chi connectivity index (χ0) is 12.0. The number of ether oxygens (including phenoxy) is 1. The maximum absolute atomic E-state index is 9.09. The van der Waals surface area contributed by atoms with E-state index in [0.717, 1.165) is 23.2 Å². The van der Waals surface area contributed by atoms with Crippen LogP contribution in [0.4, 0.5) is 5.69 Å². The van der Waals surface area contributed by atoms with Crippen LogP contribution < -0.4 is 5.32 Å². The van der Waals surface area contributed by atoms with Crippen LogP contribution in [-0.4, -0.2) is 19.8 Å². The summed E-state index contributed by atoms with van der Waals surface area (Å²) in [6.07, 6.45) is 0.965. The van der Waals surface area contributed by atoms with E-state index in [0.29, 0.717) is 6.61 Å². The van der Waals surface area contributed by atoms with Gasteiger partial charge < -0.3 is 10.1 Å². The van der Waals surface area contributed by atoms with Gasteiger partial charge in [0, 0.05) is 13.2 Å². The first kappa shape index (κ1) is 12.5. The highest BCUT2D eigenvalue weighted by Crippen LogP contribution is 2.19. The Morgan fingerprint density at radius 3 is 2.81 bits per heavy atom. The largest absolute Gasteiger partial charge is 0.383 e. The van der Waals surface area contributed by atoms with E-state index in [4.69, 9.17) is 10.00 Å². The van der Waals surface area contributed by atoms with Gasteiger partial charge in [-0.25, -0.2) is 0 Å². The third-order valence-corrected chi connectivity index (χ3v) is 2.60. The molecule has 0 bridgehead atoms. The third-order valence-electron chi connectivity index (χ3n) is 2.60. The molecule has 0 saturated heterocycles. The Morgan fingerprint density at radius 1 is 1.50 bits per heavy atom. The van der Waals surface area contributed by atoms with Gasteiger partial charge >= 0.3 is 0 Å². The number of nitriles is 1. The van der Waals surface area contributed by atoms with Crippen molar-refractivity contribution in [3.05, 3.63) is 29.3 Å². The van der Waals surface area contributed by atoms with Crippen molar-refractivity contribution in [1.82, 2.24) is 0 Å². The Hall–Kier alpha value is -1.53. The zero-order valence-corrected chi connectivity index (χ0v) is 10.1. The number of nitrogens with zero attached hydrogens (tertiary/aromatic N) is 1. The molecular weight excluding hydrogens is 200 g/mol. The summed E-state index contributed by atoms with van der Waals surface area (Å²) in [6.45, 7) is 4.69. The Bertz CT molecular complexity index is 382. The fourth-order valence-corrected chi connectivity index (χ4v) is 1.62. The number of rotatable bonds is 5. The number of hydrogen-bond acceptors (Lipinski definition) is 3. The van der Waals surface area contributed by atoms with Crippen LogP contribution in [0, 0.1) is 18.3 Å². The smallest absolute Gasteiger partial charge is 0.102 e. The van der Waals surface area contributed by atoms with Crippen molar-refractivity contribution < 1.29 is 4.74 Å². The highest BCUT2D eigenvalue weighted by molar-refractivity contribution is 5.61. The summed E-state index contributed by atoms with van der Waals surface area (Å²) in [5.41, 5.74) is 2.61. The van der Waals surface area contributed by atoms with E-state index in [1.807, 2.05) is 25.1 Å². The first-order chi connectivity index (χ1) is 7.72. The zero-order valence-electron chi connectivity index (χ0n) is 10.1. The van der Waals surface area contributed by atoms with Gasteiger partial charge in [0.25, 0.3) is 0 Å². The van der Waals surface area contributed by atoms with Crippen LogP contribution in [0.2, 0.25) is 0 Å². The molecule has 0 fully saturated rings. The number of benzene rings is 1. The quantitative estimate of drug-likeness (QED) is 0.826. The maximum Gasteiger partial charge on any atom is 0.102 e. The molecule has 0 heterocycles. The molecule has 3 nitrogen and oxygen atoms in total. The highest BCUT2D eigenvalue weighted by Gasteiger charge is 2.09. The lowest BCUT2D eigenvalue weighted by Crippen LogP contribution is -2.24. The number of nitrogens with one attached hydrogen (secondary N) is 1. The number of hydrogen-bond donors (Lipinski definition) is 1. The van der Waals surface area contributed by atoms with E-state index in [1.54, 1.807) is 7.11 Å². The average Bonchev–Trinajstić information content (AvgIpc) is 2.28. The average molecular weight is 218 g/mol. The van der Waals surface area contributed by atoms with Gasteiger partial charge in [0.2, 0.25) is 0 Å². The summed E-state index contributed by atoms with van der Waals surface area (Å²) in [5, 5.41) is 12.4. The molecule has 3 heteroatoms. The lowest BCUT2D eigenvalue weighted by atomic mass is 10.1. The van der Waals surface area contributed by atoms with E-state index >= 15 is 0 Å². The van der Waals surface area contributed by atoms with Crippen LogP contribution in [0.25, 0.3) is 0 Å². The highest BCUT2D eigenvalue weighted by atomic mass is 16.5. The Labute approximate surface area is 97.0 Å². The van der Waals surface area contributed by atoms with Crippen LogP contribution in [0.1, 0.15) is 24.5 Å². The molecule has 1 rings (SSSR count). The molecule has 1 N–H and O–H groups in total. The van der Waals surface area contributed by atoms with E-state index in [9.17, 15) is 0 Å². The molecule has 86 valence electrons. The standard InChI is InChI=1S/C13H18N2O/c1-4-11(9-16-3)15-13-7-5-6-10(2)12(13)8-14/h5-7,11,15H,4,9H2,1-3H3. The summed E-state index contributed by atoms with van der Waals surface area (Å²) in [6, 6.07) is 8.32. The molecule has 0 amide bonds. The van der Waals surface area contributed by atoms with Gasteiger partial charge in [-0.3, -0.25) is 0 Å². The molecular formula is C13H18N2O. The monoisotopic (exact) mass is 218 g/mol. The van der Waals surface area contributed by atoms with E-state index < -0.39 is 0 Å². The SMILES string of the molecule is CCC(COC)Nc1cccc(C)c1C#N. The molecule has 1 unspecified atom stereocenters. The van der Waals surface area contributed by atoms with E-state index in [-0.39, 0.29) is 6.04 Å². The van der Waals surface area contributed by atoms with Gasteiger partial charge in [-0.15, -0.1) is 0 Å². The van der Waals surface area contributed by atoms with Gasteiger partial charge in [-0.2, -0.15) is 5.26 Å². The first-order valence-corrected chi connectivity index (χ1v) is 5.48. The normalized spacial score (nSPS) is 11.9. The molecule has 1 atom stereocenters. The number of aryl methyl sites for hydroxylation is 1. The first-order valence-electron chi connectivity index (χ1n) is 5.48.